The zero-order chi connectivity index (χ0) is 32.7. The Morgan fingerprint density at radius 3 is 2.33 bits per heavy atom. The van der Waals surface area contributed by atoms with E-state index in [9.17, 15) is 37.1 Å². The van der Waals surface area contributed by atoms with Gasteiger partial charge >= 0.3 is 17.0 Å². The van der Waals surface area contributed by atoms with Crippen molar-refractivity contribution in [2.75, 3.05) is 16.8 Å². The summed E-state index contributed by atoms with van der Waals surface area (Å²) in [6.45, 7) is 1.49. The van der Waals surface area contributed by atoms with Gasteiger partial charge in [0.2, 0.25) is 17.7 Å². The van der Waals surface area contributed by atoms with Crippen LogP contribution in [0.15, 0.2) is 88.7 Å². The molecule has 0 spiro atoms. The molecule has 3 heterocycles. The fraction of sp³-hybridized carbons (Fsp3) is 0.219. The van der Waals surface area contributed by atoms with Crippen molar-refractivity contribution in [3.63, 3.8) is 0 Å². The highest BCUT2D eigenvalue weighted by Crippen LogP contribution is 2.54. The molecule has 1 N–H and O–H groups in total. The lowest BCUT2D eigenvalue weighted by molar-refractivity contribution is -0.137. The predicted octanol–water partition coefficient (Wildman–Crippen LogP) is 5.54. The second kappa shape index (κ2) is 12.2. The monoisotopic (exact) mass is 667 g/mol. The van der Waals surface area contributed by atoms with Crippen LogP contribution in [0, 0.1) is 5.92 Å². The van der Waals surface area contributed by atoms with Crippen molar-refractivity contribution in [3.05, 3.63) is 110 Å². The molecule has 3 amide bonds. The van der Waals surface area contributed by atoms with E-state index in [4.69, 9.17) is 4.74 Å². The van der Waals surface area contributed by atoms with E-state index in [1.54, 1.807) is 37.3 Å². The molecule has 1 saturated heterocycles. The Bertz CT molecular complexity index is 1910. The van der Waals surface area contributed by atoms with E-state index < -0.39 is 63.9 Å². The first-order chi connectivity index (χ1) is 22.0. The molecule has 6 rings (SSSR count). The topological polar surface area (TPSA) is 115 Å². The standard InChI is InChI=1S/C32H24F3N3O6S2/c1-2-44-30(42)18-11-13-20(14-12-18)36-22(39)16-37-29-26(46-31(37)43)23(17-7-4-3-5-8-17)24-25(45-29)28(41)38(27(24)40)21-10-6-9-19(15-21)32(33,34)35/h3-15,23-25H,2,16H2,1H3,(H,36,39)/t23-,24?,25?/m1/s1. The number of anilines is 2. The summed E-state index contributed by atoms with van der Waals surface area (Å²) >= 11 is 1.82. The number of carbonyl (C=O) groups excluding carboxylic acids is 4. The number of thioether (sulfide) groups is 1. The number of esters is 1. The number of nitrogens with one attached hydrogen (secondary N) is 1. The van der Waals surface area contributed by atoms with Gasteiger partial charge in [0.25, 0.3) is 0 Å². The fourth-order valence-corrected chi connectivity index (χ4v) is 8.37. The molecule has 4 aromatic rings. The number of amides is 3. The highest BCUT2D eigenvalue weighted by molar-refractivity contribution is 8.00. The van der Waals surface area contributed by atoms with Crippen molar-refractivity contribution in [2.45, 2.75) is 35.8 Å². The third-order valence-corrected chi connectivity index (χ3v) is 10.2. The summed E-state index contributed by atoms with van der Waals surface area (Å²) in [6, 6.07) is 18.8. The van der Waals surface area contributed by atoms with Crippen molar-refractivity contribution in [3.8, 4) is 0 Å². The number of fused-ring (bicyclic) bond motifs is 2. The van der Waals surface area contributed by atoms with Crippen LogP contribution in [0.3, 0.4) is 0 Å². The van der Waals surface area contributed by atoms with E-state index in [1.807, 2.05) is 0 Å². The molecule has 0 aliphatic carbocycles. The maximum absolute atomic E-state index is 13.9. The first-order valence-corrected chi connectivity index (χ1v) is 15.7. The lowest BCUT2D eigenvalue weighted by Gasteiger charge is -2.30. The lowest BCUT2D eigenvalue weighted by atomic mass is 9.83. The van der Waals surface area contributed by atoms with E-state index in [1.165, 1.54) is 34.9 Å². The van der Waals surface area contributed by atoms with Gasteiger partial charge in [-0.2, -0.15) is 13.2 Å². The number of aromatic nitrogens is 1. The van der Waals surface area contributed by atoms with E-state index >= 15 is 0 Å². The third kappa shape index (κ3) is 5.73. The van der Waals surface area contributed by atoms with Crippen LogP contribution in [-0.2, 0) is 31.8 Å². The average Bonchev–Trinajstić information content (AvgIpc) is 3.47. The quantitative estimate of drug-likeness (QED) is 0.203. The first kappa shape index (κ1) is 31.3. The van der Waals surface area contributed by atoms with E-state index in [-0.39, 0.29) is 12.3 Å². The Balaban J connectivity index is 1.33. The van der Waals surface area contributed by atoms with Crippen LogP contribution < -0.4 is 15.1 Å². The molecule has 0 radical (unpaired) electrons. The van der Waals surface area contributed by atoms with Crippen molar-refractivity contribution in [1.29, 1.82) is 0 Å². The van der Waals surface area contributed by atoms with Crippen molar-refractivity contribution in [1.82, 2.24) is 4.57 Å². The zero-order valence-corrected chi connectivity index (χ0v) is 25.6. The number of halogens is 3. The molecule has 2 aliphatic rings. The van der Waals surface area contributed by atoms with Crippen LogP contribution in [0.2, 0.25) is 0 Å². The van der Waals surface area contributed by atoms with E-state index in [0.717, 1.165) is 46.2 Å². The Labute approximate surface area is 268 Å². The number of nitrogens with zero attached hydrogens (tertiary/aromatic N) is 2. The SMILES string of the molecule is CCOC(=O)c1ccc(NC(=O)Cn2c3c(sc2=O)[C@H](c2ccccc2)C2C(=O)N(c4cccc(C(F)(F)F)c4)C(=O)C2S3)cc1. The largest absolute Gasteiger partial charge is 0.462 e. The van der Waals surface area contributed by atoms with Gasteiger partial charge in [-0.05, 0) is 55.0 Å². The number of thiazole rings is 1. The summed E-state index contributed by atoms with van der Waals surface area (Å²) in [4.78, 5) is 66.9. The molecule has 9 nitrogen and oxygen atoms in total. The number of alkyl halides is 3. The average molecular weight is 668 g/mol. The molecule has 2 unspecified atom stereocenters. The van der Waals surface area contributed by atoms with Crippen LogP contribution in [0.1, 0.15) is 39.2 Å². The molecule has 3 aromatic carbocycles. The second-order valence-corrected chi connectivity index (χ2v) is 12.6. The maximum atomic E-state index is 13.9. The van der Waals surface area contributed by atoms with E-state index in [2.05, 4.69) is 5.32 Å². The van der Waals surface area contributed by atoms with Gasteiger partial charge in [0.1, 0.15) is 11.8 Å². The van der Waals surface area contributed by atoms with Gasteiger partial charge in [0, 0.05) is 16.5 Å². The highest BCUT2D eigenvalue weighted by Gasteiger charge is 2.57. The van der Waals surface area contributed by atoms with Gasteiger partial charge < -0.3 is 10.1 Å². The normalized spacial score (nSPS) is 19.0. The Morgan fingerprint density at radius 1 is 0.935 bits per heavy atom. The van der Waals surface area contributed by atoms with Crippen molar-refractivity contribution in [2.24, 2.45) is 5.92 Å². The predicted molar refractivity (Wildman–Crippen MR) is 165 cm³/mol. The molecule has 236 valence electrons. The minimum atomic E-state index is -4.68. The molecule has 1 aromatic heterocycles. The maximum Gasteiger partial charge on any atom is 0.416 e. The summed E-state index contributed by atoms with van der Waals surface area (Å²) in [6.07, 6.45) is -4.68. The van der Waals surface area contributed by atoms with Crippen LogP contribution >= 0.6 is 23.1 Å². The Hall–Kier alpha value is -4.69. The molecule has 14 heteroatoms. The van der Waals surface area contributed by atoms with Crippen LogP contribution in [0.4, 0.5) is 24.5 Å². The number of hydrogen-bond acceptors (Lipinski definition) is 8. The van der Waals surface area contributed by atoms with Gasteiger partial charge in [-0.1, -0.05) is 59.5 Å². The van der Waals surface area contributed by atoms with Crippen molar-refractivity contribution < 1.29 is 37.1 Å². The third-order valence-electron chi connectivity index (χ3n) is 7.62. The minimum Gasteiger partial charge on any atom is -0.462 e. The highest BCUT2D eigenvalue weighted by atomic mass is 32.2. The molecule has 46 heavy (non-hydrogen) atoms. The molecule has 0 bridgehead atoms. The van der Waals surface area contributed by atoms with Crippen LogP contribution in [0.5, 0.6) is 0 Å². The number of hydrogen-bond donors (Lipinski definition) is 1. The van der Waals surface area contributed by atoms with Gasteiger partial charge in [0.15, 0.2) is 0 Å². The second-order valence-electron chi connectivity index (χ2n) is 10.5. The fourth-order valence-electron chi connectivity index (χ4n) is 5.60. The smallest absolute Gasteiger partial charge is 0.416 e. The summed E-state index contributed by atoms with van der Waals surface area (Å²) in [5.41, 5.74) is 0.128. The molecule has 3 atom stereocenters. The number of ether oxygens (including phenoxy) is 1. The Kier molecular flexibility index (Phi) is 8.33. The molecule has 0 saturated carbocycles. The lowest BCUT2D eigenvalue weighted by Crippen LogP contribution is -2.33. The minimum absolute atomic E-state index is 0.194. The van der Waals surface area contributed by atoms with Gasteiger partial charge in [0.05, 0.1) is 34.4 Å². The summed E-state index contributed by atoms with van der Waals surface area (Å²) in [7, 11) is 0. The molecule has 1 fully saturated rings. The number of carbonyl (C=O) groups is 4. The van der Waals surface area contributed by atoms with Gasteiger partial charge in [-0.25, -0.2) is 9.69 Å². The zero-order valence-electron chi connectivity index (χ0n) is 23.9. The summed E-state index contributed by atoms with van der Waals surface area (Å²) < 4.78 is 46.7. The Morgan fingerprint density at radius 2 is 1.65 bits per heavy atom. The number of rotatable bonds is 7. The van der Waals surface area contributed by atoms with Gasteiger partial charge in [-0.15, -0.1) is 0 Å². The van der Waals surface area contributed by atoms with Crippen LogP contribution in [0.25, 0.3) is 0 Å². The molecular formula is C32H24F3N3O6S2. The molecule has 2 aliphatic heterocycles. The van der Waals surface area contributed by atoms with Crippen molar-refractivity contribution >= 4 is 58.2 Å². The summed E-state index contributed by atoms with van der Waals surface area (Å²) in [5, 5.41) is 1.97. The summed E-state index contributed by atoms with van der Waals surface area (Å²) in [5.74, 6) is -4.19. The number of imide groups is 1. The molecular weight excluding hydrogens is 643 g/mol. The van der Waals surface area contributed by atoms with E-state index in [0.29, 0.717) is 26.7 Å². The number of benzene rings is 3. The first-order valence-electron chi connectivity index (χ1n) is 14.0. The van der Waals surface area contributed by atoms with Gasteiger partial charge in [-0.3, -0.25) is 23.7 Å². The van der Waals surface area contributed by atoms with Crippen LogP contribution in [-0.4, -0.2) is 40.1 Å².